The van der Waals surface area contributed by atoms with Crippen molar-refractivity contribution in [3.63, 3.8) is 0 Å². The van der Waals surface area contributed by atoms with Gasteiger partial charge in [-0.1, -0.05) is 48.5 Å². The van der Waals surface area contributed by atoms with Crippen LogP contribution in [0.3, 0.4) is 0 Å². The zero-order valence-electron chi connectivity index (χ0n) is 10.9. The molecule has 0 amide bonds. The first-order chi connectivity index (χ1) is 8.92. The van der Waals surface area contributed by atoms with Gasteiger partial charge in [0.15, 0.2) is 0 Å². The molecule has 0 heterocycles. The first-order valence-electron chi connectivity index (χ1n) is 5.98. The first kappa shape index (κ1) is 14.0. The lowest BCUT2D eigenvalue weighted by Crippen LogP contribution is -2.46. The monoisotopic (exact) mass is 292 g/mol. The molecule has 3 nitrogen and oxygen atoms in total. The summed E-state index contributed by atoms with van der Waals surface area (Å²) in [4.78, 5) is 0.200. The maximum Gasteiger partial charge on any atom is 0.287 e. The van der Waals surface area contributed by atoms with E-state index in [1.165, 1.54) is 0 Å². The van der Waals surface area contributed by atoms with Crippen molar-refractivity contribution in [3.05, 3.63) is 60.7 Å². The highest BCUT2D eigenvalue weighted by molar-refractivity contribution is 7.88. The molecule has 5 heteroatoms. The second-order valence-electron chi connectivity index (χ2n) is 4.73. The smallest absolute Gasteiger partial charge is 0.287 e. The average molecular weight is 292 g/mol. The van der Waals surface area contributed by atoms with Crippen LogP contribution in [-0.4, -0.2) is 16.7 Å². The Morgan fingerprint density at radius 1 is 0.842 bits per heavy atom. The van der Waals surface area contributed by atoms with Crippen LogP contribution in [0.4, 0.5) is 0 Å². The molecule has 0 unspecified atom stereocenters. The minimum absolute atomic E-state index is 0.200. The van der Waals surface area contributed by atoms with E-state index in [-0.39, 0.29) is 4.90 Å². The molecule has 0 aliphatic heterocycles. The summed E-state index contributed by atoms with van der Waals surface area (Å²) in [5.74, 6) is 0. The van der Waals surface area contributed by atoms with E-state index in [1.54, 1.807) is 30.3 Å². The van der Waals surface area contributed by atoms with E-state index in [2.05, 4.69) is 0 Å². The SMILES string of the molecule is C[Si](C)(OS(=O)(=O)c1ccccc1)c1ccccc1. The molecule has 0 spiro atoms. The summed E-state index contributed by atoms with van der Waals surface area (Å²) in [7, 11) is -6.19. The molecule has 2 aromatic rings. The summed E-state index contributed by atoms with van der Waals surface area (Å²) in [6, 6.07) is 17.7. The molecule has 0 bridgehead atoms. The van der Waals surface area contributed by atoms with Crippen molar-refractivity contribution < 1.29 is 12.3 Å². The van der Waals surface area contributed by atoms with Gasteiger partial charge in [0.25, 0.3) is 10.1 Å². The Balaban J connectivity index is 2.31. The van der Waals surface area contributed by atoms with E-state index < -0.39 is 18.4 Å². The minimum atomic E-state index is -3.70. The molecule has 0 N–H and O–H groups in total. The van der Waals surface area contributed by atoms with Crippen molar-refractivity contribution in [3.8, 4) is 0 Å². The summed E-state index contributed by atoms with van der Waals surface area (Å²) in [5, 5.41) is 0.953. The summed E-state index contributed by atoms with van der Waals surface area (Å²) in [6.07, 6.45) is 0. The average Bonchev–Trinajstić information content (AvgIpc) is 2.40. The highest BCUT2D eigenvalue weighted by Gasteiger charge is 2.32. The number of hydrogen-bond donors (Lipinski definition) is 0. The molecule has 2 rings (SSSR count). The highest BCUT2D eigenvalue weighted by atomic mass is 32.2. The molecule has 0 saturated carbocycles. The quantitative estimate of drug-likeness (QED) is 0.813. The fourth-order valence-corrected chi connectivity index (χ4v) is 6.25. The van der Waals surface area contributed by atoms with Crippen molar-refractivity contribution in [2.75, 3.05) is 0 Å². The fourth-order valence-electron chi connectivity index (χ4n) is 1.80. The van der Waals surface area contributed by atoms with Crippen LogP contribution in [0.25, 0.3) is 0 Å². The van der Waals surface area contributed by atoms with Crippen LogP contribution in [0, 0.1) is 0 Å². The third-order valence-electron chi connectivity index (χ3n) is 2.82. The van der Waals surface area contributed by atoms with Gasteiger partial charge in [-0.2, -0.15) is 8.42 Å². The van der Waals surface area contributed by atoms with Crippen LogP contribution < -0.4 is 5.19 Å². The van der Waals surface area contributed by atoms with Gasteiger partial charge in [0.2, 0.25) is 8.32 Å². The summed E-state index contributed by atoms with van der Waals surface area (Å²) in [5.41, 5.74) is 0. The molecule has 0 aromatic heterocycles. The van der Waals surface area contributed by atoms with E-state index in [1.807, 2.05) is 43.4 Å². The van der Waals surface area contributed by atoms with Gasteiger partial charge < -0.3 is 3.87 Å². The molecule has 2 aromatic carbocycles. The number of rotatable bonds is 4. The lowest BCUT2D eigenvalue weighted by atomic mass is 10.4. The lowest BCUT2D eigenvalue weighted by Gasteiger charge is -2.22. The van der Waals surface area contributed by atoms with Crippen molar-refractivity contribution in [2.24, 2.45) is 0 Å². The molecule has 0 aliphatic rings. The first-order valence-corrected chi connectivity index (χ1v) is 10.3. The topological polar surface area (TPSA) is 43.4 Å². The van der Waals surface area contributed by atoms with Gasteiger partial charge in [-0.15, -0.1) is 0 Å². The van der Waals surface area contributed by atoms with Crippen LogP contribution in [0.1, 0.15) is 0 Å². The van der Waals surface area contributed by atoms with Crippen molar-refractivity contribution in [1.29, 1.82) is 0 Å². The standard InChI is InChI=1S/C14H16O3SSi/c1-19(2,14-11-7-4-8-12-14)17-18(15,16)13-9-5-3-6-10-13/h3-12H,1-2H3. The van der Waals surface area contributed by atoms with Gasteiger partial charge in [-0.25, -0.2) is 0 Å². The highest BCUT2D eigenvalue weighted by Crippen LogP contribution is 2.17. The molecule has 0 fully saturated rings. The Labute approximate surface area is 115 Å². The third-order valence-corrected chi connectivity index (χ3v) is 7.94. The van der Waals surface area contributed by atoms with Gasteiger partial charge in [0.05, 0.1) is 4.90 Å². The van der Waals surface area contributed by atoms with Gasteiger partial charge in [0.1, 0.15) is 0 Å². The van der Waals surface area contributed by atoms with E-state index in [9.17, 15) is 8.42 Å². The van der Waals surface area contributed by atoms with Crippen LogP contribution >= 0.6 is 0 Å². The molecule has 0 aliphatic carbocycles. The Hall–Kier alpha value is -1.43. The summed E-state index contributed by atoms with van der Waals surface area (Å²) < 4.78 is 30.0. The lowest BCUT2D eigenvalue weighted by molar-refractivity contribution is 0.488. The molecule has 0 atom stereocenters. The van der Waals surface area contributed by atoms with Crippen molar-refractivity contribution >= 4 is 23.6 Å². The second-order valence-corrected chi connectivity index (χ2v) is 10.4. The molecule has 0 saturated heterocycles. The molecule has 0 radical (unpaired) electrons. The van der Waals surface area contributed by atoms with E-state index in [0.29, 0.717) is 0 Å². The molecule has 19 heavy (non-hydrogen) atoms. The predicted octanol–water partition coefficient (Wildman–Crippen LogP) is 2.50. The third kappa shape index (κ3) is 3.31. The molecule has 100 valence electrons. The zero-order valence-corrected chi connectivity index (χ0v) is 12.7. The van der Waals surface area contributed by atoms with E-state index in [0.717, 1.165) is 5.19 Å². The minimum Gasteiger partial charge on any atom is -0.306 e. The number of benzene rings is 2. The van der Waals surface area contributed by atoms with Gasteiger partial charge in [-0.05, 0) is 30.4 Å². The fraction of sp³-hybridized carbons (Fsp3) is 0.143. The van der Waals surface area contributed by atoms with Crippen molar-refractivity contribution in [2.45, 2.75) is 18.0 Å². The van der Waals surface area contributed by atoms with E-state index >= 15 is 0 Å². The second kappa shape index (κ2) is 5.28. The number of hydrogen-bond acceptors (Lipinski definition) is 3. The van der Waals surface area contributed by atoms with Crippen LogP contribution in [0.2, 0.25) is 13.1 Å². The normalized spacial score (nSPS) is 12.3. The van der Waals surface area contributed by atoms with Crippen LogP contribution in [-0.2, 0) is 14.0 Å². The van der Waals surface area contributed by atoms with Gasteiger partial charge in [-0.3, -0.25) is 0 Å². The Morgan fingerprint density at radius 3 is 1.84 bits per heavy atom. The Kier molecular flexibility index (Phi) is 3.89. The maximum absolute atomic E-state index is 12.2. The van der Waals surface area contributed by atoms with Crippen LogP contribution in [0.15, 0.2) is 65.6 Å². The molecular formula is C14H16O3SSi. The maximum atomic E-state index is 12.2. The zero-order chi connectivity index (χ0) is 13.9. The van der Waals surface area contributed by atoms with Crippen LogP contribution in [0.5, 0.6) is 0 Å². The summed E-state index contributed by atoms with van der Waals surface area (Å²) >= 11 is 0. The van der Waals surface area contributed by atoms with Crippen molar-refractivity contribution in [1.82, 2.24) is 0 Å². The van der Waals surface area contributed by atoms with Gasteiger partial charge in [0, 0.05) is 0 Å². The Morgan fingerprint density at radius 2 is 1.32 bits per heavy atom. The van der Waals surface area contributed by atoms with Gasteiger partial charge >= 0.3 is 0 Å². The molecular weight excluding hydrogens is 276 g/mol. The van der Waals surface area contributed by atoms with E-state index in [4.69, 9.17) is 3.87 Å². The largest absolute Gasteiger partial charge is 0.306 e. The Bertz CT molecular complexity index is 637. The predicted molar refractivity (Wildman–Crippen MR) is 78.3 cm³/mol. The summed E-state index contributed by atoms with van der Waals surface area (Å²) in [6.45, 7) is 3.76.